The Hall–Kier alpha value is -2.34. The van der Waals surface area contributed by atoms with Crippen LogP contribution in [-0.2, 0) is 14.3 Å². The maximum Gasteiger partial charge on any atom is 0.354 e. The molecule has 0 unspecified atom stereocenters. The van der Waals surface area contributed by atoms with Crippen molar-refractivity contribution in [3.8, 4) is 5.75 Å². The predicted molar refractivity (Wildman–Crippen MR) is 77.1 cm³/mol. The highest BCUT2D eigenvalue weighted by molar-refractivity contribution is 5.98. The zero-order chi connectivity index (χ0) is 16.0. The molecule has 0 radical (unpaired) electrons. The highest BCUT2D eigenvalue weighted by Crippen LogP contribution is 2.13. The summed E-state index contributed by atoms with van der Waals surface area (Å²) in [6.07, 6.45) is 0.175. The number of hydrogen-bond donors (Lipinski definition) is 3. The average Bonchev–Trinajstić information content (AvgIpc) is 2.46. The van der Waals surface area contributed by atoms with Gasteiger partial charge in [0.1, 0.15) is 17.6 Å². The van der Waals surface area contributed by atoms with Gasteiger partial charge in [0.15, 0.2) is 0 Å². The minimum Gasteiger partial charge on any atom is -0.508 e. The normalized spacial score (nSPS) is 12.9. The summed E-state index contributed by atoms with van der Waals surface area (Å²) in [7, 11) is 1.19. The minimum absolute atomic E-state index is 0.0889. The monoisotopic (exact) mass is 293 g/mol. The molecule has 1 aromatic rings. The third-order valence-electron chi connectivity index (χ3n) is 2.77. The fourth-order valence-corrected chi connectivity index (χ4v) is 1.50. The van der Waals surface area contributed by atoms with E-state index < -0.39 is 18.0 Å². The van der Waals surface area contributed by atoms with E-state index in [0.29, 0.717) is 5.56 Å². The van der Waals surface area contributed by atoms with E-state index >= 15 is 0 Å². The van der Waals surface area contributed by atoms with Crippen molar-refractivity contribution < 1.29 is 24.5 Å². The SMILES string of the molecule is COC(=O)/C(=C/c1ccc(O)cc1)NC(=O)[C@H](O)C(C)C. The van der Waals surface area contributed by atoms with Gasteiger partial charge in [-0.25, -0.2) is 4.79 Å². The van der Waals surface area contributed by atoms with Gasteiger partial charge in [0, 0.05) is 0 Å². The number of carbonyl (C=O) groups is 2. The maximum absolute atomic E-state index is 11.8. The Labute approximate surface area is 123 Å². The van der Waals surface area contributed by atoms with Crippen molar-refractivity contribution in [3.63, 3.8) is 0 Å². The third-order valence-corrected chi connectivity index (χ3v) is 2.77. The highest BCUT2D eigenvalue weighted by Gasteiger charge is 2.22. The molecule has 0 spiro atoms. The van der Waals surface area contributed by atoms with E-state index in [4.69, 9.17) is 0 Å². The summed E-state index contributed by atoms with van der Waals surface area (Å²) in [4.78, 5) is 23.5. The second-order valence-electron chi connectivity index (χ2n) is 4.82. The van der Waals surface area contributed by atoms with Crippen molar-refractivity contribution in [1.29, 1.82) is 0 Å². The fourth-order valence-electron chi connectivity index (χ4n) is 1.50. The van der Waals surface area contributed by atoms with Crippen LogP contribution in [0, 0.1) is 5.92 Å². The average molecular weight is 293 g/mol. The predicted octanol–water partition coefficient (Wildman–Crippen LogP) is 1.04. The molecule has 0 bridgehead atoms. The number of phenolic OH excluding ortho intramolecular Hbond substituents is 1. The van der Waals surface area contributed by atoms with Gasteiger partial charge in [-0.3, -0.25) is 4.79 Å². The smallest absolute Gasteiger partial charge is 0.354 e. The first-order valence-electron chi connectivity index (χ1n) is 6.43. The van der Waals surface area contributed by atoms with Crippen molar-refractivity contribution in [2.45, 2.75) is 20.0 Å². The van der Waals surface area contributed by atoms with Crippen LogP contribution >= 0.6 is 0 Å². The van der Waals surface area contributed by atoms with Crippen molar-refractivity contribution >= 4 is 18.0 Å². The summed E-state index contributed by atoms with van der Waals surface area (Å²) in [5.41, 5.74) is 0.500. The molecule has 114 valence electrons. The number of rotatable bonds is 5. The van der Waals surface area contributed by atoms with Crippen LogP contribution in [-0.4, -0.2) is 35.3 Å². The Bertz CT molecular complexity index is 533. The van der Waals surface area contributed by atoms with Crippen molar-refractivity contribution in [2.75, 3.05) is 7.11 Å². The summed E-state index contributed by atoms with van der Waals surface area (Å²) in [5.74, 6) is -1.60. The number of methoxy groups -OCH3 is 1. The first-order valence-corrected chi connectivity index (χ1v) is 6.43. The van der Waals surface area contributed by atoms with E-state index in [2.05, 4.69) is 10.1 Å². The Kier molecular flexibility index (Phi) is 5.92. The molecule has 1 rings (SSSR count). The zero-order valence-corrected chi connectivity index (χ0v) is 12.2. The topological polar surface area (TPSA) is 95.9 Å². The zero-order valence-electron chi connectivity index (χ0n) is 12.2. The van der Waals surface area contributed by atoms with Crippen molar-refractivity contribution in [1.82, 2.24) is 5.32 Å². The molecule has 1 atom stereocenters. The van der Waals surface area contributed by atoms with E-state index in [0.717, 1.165) is 0 Å². The maximum atomic E-state index is 11.8. The number of phenols is 1. The summed E-state index contributed by atoms with van der Waals surface area (Å²) < 4.78 is 4.60. The molecular formula is C15H19NO5. The second kappa shape index (κ2) is 7.44. The molecule has 21 heavy (non-hydrogen) atoms. The molecule has 0 aromatic heterocycles. The fraction of sp³-hybridized carbons (Fsp3) is 0.333. The quantitative estimate of drug-likeness (QED) is 0.557. The lowest BCUT2D eigenvalue weighted by Gasteiger charge is -2.15. The van der Waals surface area contributed by atoms with Gasteiger partial charge in [0.2, 0.25) is 0 Å². The van der Waals surface area contributed by atoms with Gasteiger partial charge < -0.3 is 20.3 Å². The molecule has 3 N–H and O–H groups in total. The van der Waals surface area contributed by atoms with E-state index in [1.54, 1.807) is 26.0 Å². The molecule has 0 aliphatic carbocycles. The summed E-state index contributed by atoms with van der Waals surface area (Å²) >= 11 is 0. The molecule has 0 heterocycles. The number of ether oxygens (including phenoxy) is 1. The lowest BCUT2D eigenvalue weighted by atomic mass is 10.1. The van der Waals surface area contributed by atoms with Gasteiger partial charge in [0.25, 0.3) is 5.91 Å². The van der Waals surface area contributed by atoms with Gasteiger partial charge >= 0.3 is 5.97 Å². The molecule has 0 fully saturated rings. The van der Waals surface area contributed by atoms with Gasteiger partial charge in [-0.1, -0.05) is 26.0 Å². The molecule has 0 aliphatic heterocycles. The summed E-state index contributed by atoms with van der Waals surface area (Å²) in [6, 6.07) is 6.05. The van der Waals surface area contributed by atoms with E-state index in [1.165, 1.54) is 25.3 Å². The molecule has 0 saturated carbocycles. The van der Waals surface area contributed by atoms with Gasteiger partial charge in [-0.2, -0.15) is 0 Å². The molecule has 6 nitrogen and oxygen atoms in total. The van der Waals surface area contributed by atoms with Crippen LogP contribution in [0.25, 0.3) is 6.08 Å². The Morgan fingerprint density at radius 2 is 1.81 bits per heavy atom. The Morgan fingerprint density at radius 3 is 2.29 bits per heavy atom. The van der Waals surface area contributed by atoms with Crippen LogP contribution in [0.2, 0.25) is 0 Å². The molecule has 1 aromatic carbocycles. The Morgan fingerprint density at radius 1 is 1.24 bits per heavy atom. The first kappa shape index (κ1) is 16.7. The van der Waals surface area contributed by atoms with Crippen LogP contribution in [0.3, 0.4) is 0 Å². The molecule has 0 aliphatic rings. The largest absolute Gasteiger partial charge is 0.508 e. The van der Waals surface area contributed by atoms with Gasteiger partial charge in [-0.15, -0.1) is 0 Å². The van der Waals surface area contributed by atoms with E-state index in [9.17, 15) is 19.8 Å². The van der Waals surface area contributed by atoms with E-state index in [-0.39, 0.29) is 17.4 Å². The van der Waals surface area contributed by atoms with Crippen LogP contribution in [0.1, 0.15) is 19.4 Å². The molecule has 0 saturated heterocycles. The van der Waals surface area contributed by atoms with Crippen LogP contribution in [0.5, 0.6) is 5.75 Å². The number of aliphatic hydroxyl groups is 1. The summed E-state index contributed by atoms with van der Waals surface area (Å²) in [5, 5.41) is 21.2. The number of hydrogen-bond acceptors (Lipinski definition) is 5. The van der Waals surface area contributed by atoms with Crippen LogP contribution < -0.4 is 5.32 Å². The number of benzene rings is 1. The molecule has 1 amide bonds. The van der Waals surface area contributed by atoms with E-state index in [1.807, 2.05) is 0 Å². The standard InChI is InChI=1S/C15H19NO5/c1-9(2)13(18)14(19)16-12(15(20)21-3)8-10-4-6-11(17)7-5-10/h4-9,13,17-18H,1-3H3,(H,16,19)/b12-8-/t13-/m1/s1. The third kappa shape index (κ3) is 4.92. The van der Waals surface area contributed by atoms with Crippen molar-refractivity contribution in [3.05, 3.63) is 35.5 Å². The number of esters is 1. The molecule has 6 heteroatoms. The number of aromatic hydroxyl groups is 1. The van der Waals surface area contributed by atoms with Gasteiger partial charge in [0.05, 0.1) is 7.11 Å². The first-order chi connectivity index (χ1) is 9.85. The Balaban J connectivity index is 2.98. The van der Waals surface area contributed by atoms with Crippen LogP contribution in [0.15, 0.2) is 30.0 Å². The second-order valence-corrected chi connectivity index (χ2v) is 4.82. The number of carbonyl (C=O) groups excluding carboxylic acids is 2. The summed E-state index contributed by atoms with van der Waals surface area (Å²) in [6.45, 7) is 3.37. The molecular weight excluding hydrogens is 274 g/mol. The number of nitrogens with one attached hydrogen (secondary N) is 1. The highest BCUT2D eigenvalue weighted by atomic mass is 16.5. The minimum atomic E-state index is -1.22. The van der Waals surface area contributed by atoms with Gasteiger partial charge in [-0.05, 0) is 29.7 Å². The van der Waals surface area contributed by atoms with Crippen molar-refractivity contribution in [2.24, 2.45) is 5.92 Å². The lowest BCUT2D eigenvalue weighted by molar-refractivity contribution is -0.139. The van der Waals surface area contributed by atoms with Crippen LogP contribution in [0.4, 0.5) is 0 Å². The number of amides is 1. The number of aliphatic hydroxyl groups excluding tert-OH is 1. The lowest BCUT2D eigenvalue weighted by Crippen LogP contribution is -2.39.